The van der Waals surface area contributed by atoms with E-state index in [0.717, 1.165) is 11.1 Å². The Morgan fingerprint density at radius 3 is 2.71 bits per heavy atom. The summed E-state index contributed by atoms with van der Waals surface area (Å²) >= 11 is 9.63. The van der Waals surface area contributed by atoms with Gasteiger partial charge in [0, 0.05) is 16.8 Å². The van der Waals surface area contributed by atoms with Crippen LogP contribution in [-0.2, 0) is 13.0 Å². The average molecular weight is 456 g/mol. The predicted octanol–water partition coefficient (Wildman–Crippen LogP) is 6.47. The number of halogens is 2. The van der Waals surface area contributed by atoms with Crippen LogP contribution in [0.15, 0.2) is 71.9 Å². The Morgan fingerprint density at radius 2 is 2.00 bits per heavy atom. The van der Waals surface area contributed by atoms with Gasteiger partial charge in [-0.15, -0.1) is 6.58 Å². The molecule has 1 heterocycles. The summed E-state index contributed by atoms with van der Waals surface area (Å²) in [6.45, 7) is 4.16. The third-order valence-electron chi connectivity index (χ3n) is 3.82. The molecule has 3 aromatic rings. The maximum absolute atomic E-state index is 9.15. The second-order valence-electron chi connectivity index (χ2n) is 5.89. The molecule has 6 heteroatoms. The second kappa shape index (κ2) is 9.41. The van der Waals surface area contributed by atoms with Crippen molar-refractivity contribution in [2.75, 3.05) is 0 Å². The summed E-state index contributed by atoms with van der Waals surface area (Å²) in [5.74, 6) is 1.41. The van der Waals surface area contributed by atoms with Crippen LogP contribution >= 0.6 is 27.5 Å². The Morgan fingerprint density at radius 1 is 1.21 bits per heavy atom. The van der Waals surface area contributed by atoms with Crippen LogP contribution in [0.3, 0.4) is 0 Å². The maximum atomic E-state index is 9.15. The van der Waals surface area contributed by atoms with E-state index < -0.39 is 0 Å². The first-order chi connectivity index (χ1) is 13.6. The van der Waals surface area contributed by atoms with Gasteiger partial charge in [0.1, 0.15) is 16.8 Å². The van der Waals surface area contributed by atoms with Gasteiger partial charge in [0.2, 0.25) is 5.88 Å². The molecule has 0 N–H and O–H groups in total. The molecule has 0 atom stereocenters. The zero-order valence-corrected chi connectivity index (χ0v) is 17.2. The van der Waals surface area contributed by atoms with Gasteiger partial charge in [-0.3, -0.25) is 0 Å². The molecule has 3 rings (SSSR count). The lowest BCUT2D eigenvalue weighted by molar-refractivity contribution is 0.289. The van der Waals surface area contributed by atoms with E-state index in [-0.39, 0.29) is 0 Å². The lowest BCUT2D eigenvalue weighted by atomic mass is 10.2. The van der Waals surface area contributed by atoms with Gasteiger partial charge in [-0.25, -0.2) is 4.98 Å². The lowest BCUT2D eigenvalue weighted by Crippen LogP contribution is -2.01. The molecule has 0 bridgehead atoms. The number of nitriles is 1. The van der Waals surface area contributed by atoms with Crippen molar-refractivity contribution in [2.45, 2.75) is 13.0 Å². The van der Waals surface area contributed by atoms with Crippen molar-refractivity contribution in [3.8, 4) is 23.4 Å². The van der Waals surface area contributed by atoms with Crippen molar-refractivity contribution in [1.29, 1.82) is 5.26 Å². The highest BCUT2D eigenvalue weighted by molar-refractivity contribution is 9.10. The van der Waals surface area contributed by atoms with Gasteiger partial charge < -0.3 is 9.47 Å². The summed E-state index contributed by atoms with van der Waals surface area (Å²) in [6.07, 6.45) is 4.02. The minimum atomic E-state index is 0.377. The molecule has 140 valence electrons. The Balaban J connectivity index is 1.92. The molecule has 0 saturated carbocycles. The van der Waals surface area contributed by atoms with E-state index >= 15 is 0 Å². The lowest BCUT2D eigenvalue weighted by Gasteiger charge is -2.15. The van der Waals surface area contributed by atoms with E-state index in [2.05, 4.69) is 33.6 Å². The Bertz CT molecular complexity index is 1030. The van der Waals surface area contributed by atoms with E-state index in [0.29, 0.717) is 45.5 Å². The molecule has 0 saturated heterocycles. The van der Waals surface area contributed by atoms with Crippen molar-refractivity contribution < 1.29 is 9.47 Å². The SMILES string of the molecule is C=CCc1cnc(OCc2ccccc2)c(Br)c1Oc1cc(Cl)cc(C#N)c1. The van der Waals surface area contributed by atoms with E-state index in [4.69, 9.17) is 26.3 Å². The maximum Gasteiger partial charge on any atom is 0.232 e. The monoisotopic (exact) mass is 454 g/mol. The number of hydrogen-bond donors (Lipinski definition) is 0. The van der Waals surface area contributed by atoms with E-state index in [1.54, 1.807) is 30.5 Å². The zero-order valence-electron chi connectivity index (χ0n) is 14.9. The zero-order chi connectivity index (χ0) is 19.9. The van der Waals surface area contributed by atoms with Gasteiger partial charge in [0.05, 0.1) is 11.6 Å². The molecule has 4 nitrogen and oxygen atoms in total. The van der Waals surface area contributed by atoms with Gasteiger partial charge in [-0.2, -0.15) is 5.26 Å². The first-order valence-electron chi connectivity index (χ1n) is 8.44. The van der Waals surface area contributed by atoms with Crippen LogP contribution in [-0.4, -0.2) is 4.98 Å². The van der Waals surface area contributed by atoms with Crippen molar-refractivity contribution >= 4 is 27.5 Å². The van der Waals surface area contributed by atoms with Gasteiger partial charge in [0.25, 0.3) is 0 Å². The number of benzene rings is 2. The van der Waals surface area contributed by atoms with Crippen LogP contribution in [0.4, 0.5) is 0 Å². The van der Waals surface area contributed by atoms with Crippen LogP contribution in [0, 0.1) is 11.3 Å². The number of pyridine rings is 1. The largest absolute Gasteiger partial charge is 0.472 e. The Labute approximate surface area is 177 Å². The van der Waals surface area contributed by atoms with Crippen molar-refractivity contribution in [1.82, 2.24) is 4.98 Å². The Hall–Kier alpha value is -2.81. The van der Waals surface area contributed by atoms with E-state index in [1.165, 1.54) is 0 Å². The molecule has 0 spiro atoms. The number of rotatable bonds is 7. The number of aromatic nitrogens is 1. The van der Waals surface area contributed by atoms with E-state index in [1.807, 2.05) is 30.3 Å². The summed E-state index contributed by atoms with van der Waals surface area (Å²) in [4.78, 5) is 4.39. The normalized spacial score (nSPS) is 10.2. The third kappa shape index (κ3) is 4.92. The molecule has 0 aliphatic carbocycles. The van der Waals surface area contributed by atoms with Gasteiger partial charge >= 0.3 is 0 Å². The number of hydrogen-bond acceptors (Lipinski definition) is 4. The molecule has 0 aliphatic rings. The summed E-state index contributed by atoms with van der Waals surface area (Å²) in [5.41, 5.74) is 2.27. The van der Waals surface area contributed by atoms with Crippen LogP contribution < -0.4 is 9.47 Å². The quantitative estimate of drug-likeness (QED) is 0.383. The minimum absolute atomic E-state index is 0.377. The fourth-order valence-electron chi connectivity index (χ4n) is 2.53. The highest BCUT2D eigenvalue weighted by atomic mass is 79.9. The number of allylic oxidation sites excluding steroid dienone is 1. The van der Waals surface area contributed by atoms with Crippen LogP contribution in [0.5, 0.6) is 17.4 Å². The van der Waals surface area contributed by atoms with E-state index in [9.17, 15) is 0 Å². The molecule has 0 unspecified atom stereocenters. The standard InChI is InChI=1S/C22H16BrClN2O2/c1-2-6-17-13-26-22(27-14-15-7-4-3-5-8-15)20(23)21(17)28-19-10-16(12-25)9-18(24)11-19/h2-5,7-11,13H,1,6,14H2. The molecule has 0 fully saturated rings. The van der Waals surface area contributed by atoms with Gasteiger partial charge in [-0.05, 0) is 46.1 Å². The smallest absolute Gasteiger partial charge is 0.232 e. The third-order valence-corrected chi connectivity index (χ3v) is 4.74. The molecule has 28 heavy (non-hydrogen) atoms. The molecule has 0 amide bonds. The van der Waals surface area contributed by atoms with Crippen LogP contribution in [0.25, 0.3) is 0 Å². The van der Waals surface area contributed by atoms with Crippen LogP contribution in [0.2, 0.25) is 5.02 Å². The van der Waals surface area contributed by atoms with Gasteiger partial charge in [-0.1, -0.05) is 48.0 Å². The fourth-order valence-corrected chi connectivity index (χ4v) is 3.31. The topological polar surface area (TPSA) is 55.1 Å². The summed E-state index contributed by atoms with van der Waals surface area (Å²) < 4.78 is 12.5. The van der Waals surface area contributed by atoms with Crippen molar-refractivity contribution in [3.63, 3.8) is 0 Å². The summed E-state index contributed by atoms with van der Waals surface area (Å²) in [5, 5.41) is 9.57. The fraction of sp³-hybridized carbons (Fsp3) is 0.0909. The van der Waals surface area contributed by atoms with Crippen LogP contribution in [0.1, 0.15) is 16.7 Å². The molecule has 1 aromatic heterocycles. The average Bonchev–Trinajstić information content (AvgIpc) is 2.70. The predicted molar refractivity (Wildman–Crippen MR) is 113 cm³/mol. The first kappa shape index (κ1) is 19.9. The molecule has 0 radical (unpaired) electrons. The summed E-state index contributed by atoms with van der Waals surface area (Å²) in [7, 11) is 0. The number of nitrogens with zero attached hydrogens (tertiary/aromatic N) is 2. The highest BCUT2D eigenvalue weighted by Gasteiger charge is 2.16. The molecule has 0 aliphatic heterocycles. The molecular weight excluding hydrogens is 440 g/mol. The molecular formula is C22H16BrClN2O2. The second-order valence-corrected chi connectivity index (χ2v) is 7.12. The number of ether oxygens (including phenoxy) is 2. The van der Waals surface area contributed by atoms with Gasteiger partial charge in [0.15, 0.2) is 5.75 Å². The summed E-state index contributed by atoms with van der Waals surface area (Å²) in [6, 6.07) is 16.7. The molecule has 2 aromatic carbocycles. The highest BCUT2D eigenvalue weighted by Crippen LogP contribution is 2.39. The van der Waals surface area contributed by atoms with Crippen molar-refractivity contribution in [3.05, 3.63) is 93.6 Å². The minimum Gasteiger partial charge on any atom is -0.472 e. The Kier molecular flexibility index (Phi) is 6.70. The van der Waals surface area contributed by atoms with Crippen molar-refractivity contribution in [2.24, 2.45) is 0 Å². The first-order valence-corrected chi connectivity index (χ1v) is 9.61.